The highest BCUT2D eigenvalue weighted by atomic mass is 35.5. The fourth-order valence-electron chi connectivity index (χ4n) is 1.92. The minimum Gasteiger partial charge on any atom is -0.395 e. The number of aliphatic hydroxyl groups is 1. The fraction of sp³-hybridized carbons (Fsp3) is 0.500. The van der Waals surface area contributed by atoms with E-state index in [1.807, 2.05) is 18.2 Å². The maximum atomic E-state index is 8.89. The number of hydrogen-bond donors (Lipinski definition) is 1. The molecule has 1 unspecified atom stereocenters. The smallest absolute Gasteiger partial charge is 0.0952 e. The summed E-state index contributed by atoms with van der Waals surface area (Å²) < 4.78 is 5.72. The van der Waals surface area contributed by atoms with Crippen molar-refractivity contribution in [3.63, 3.8) is 0 Å². The minimum absolute atomic E-state index is 0. The van der Waals surface area contributed by atoms with Crippen LogP contribution in [0, 0.1) is 0 Å². The van der Waals surface area contributed by atoms with Gasteiger partial charge < -0.3 is 9.84 Å². The molecule has 1 aliphatic rings. The Kier molecular flexibility index (Phi) is 5.77. The van der Waals surface area contributed by atoms with Crippen molar-refractivity contribution in [3.05, 3.63) is 35.9 Å². The number of aliphatic hydroxyl groups excluding tert-OH is 1. The van der Waals surface area contributed by atoms with Crippen LogP contribution in [-0.4, -0.2) is 42.9 Å². The van der Waals surface area contributed by atoms with Gasteiger partial charge in [0.05, 0.1) is 19.3 Å². The Bertz CT molecular complexity index is 292. The summed E-state index contributed by atoms with van der Waals surface area (Å²) in [5, 5.41) is 8.89. The van der Waals surface area contributed by atoms with Gasteiger partial charge in [0.25, 0.3) is 0 Å². The first-order chi connectivity index (χ1) is 7.40. The van der Waals surface area contributed by atoms with Gasteiger partial charge in [-0.05, 0) is 5.56 Å². The van der Waals surface area contributed by atoms with Crippen LogP contribution in [0.25, 0.3) is 0 Å². The van der Waals surface area contributed by atoms with Crippen molar-refractivity contribution in [1.82, 2.24) is 4.90 Å². The molecule has 1 aromatic carbocycles. The predicted octanol–water partition coefficient (Wildman–Crippen LogP) is 1.47. The molecule has 0 radical (unpaired) electrons. The Morgan fingerprint density at radius 1 is 1.31 bits per heavy atom. The molecule has 0 bridgehead atoms. The van der Waals surface area contributed by atoms with Gasteiger partial charge in [-0.2, -0.15) is 0 Å². The van der Waals surface area contributed by atoms with Crippen LogP contribution in [0.2, 0.25) is 0 Å². The maximum absolute atomic E-state index is 8.89. The van der Waals surface area contributed by atoms with Crippen molar-refractivity contribution in [3.8, 4) is 0 Å². The van der Waals surface area contributed by atoms with Crippen molar-refractivity contribution in [2.24, 2.45) is 0 Å². The zero-order chi connectivity index (χ0) is 10.5. The van der Waals surface area contributed by atoms with Gasteiger partial charge in [0, 0.05) is 19.6 Å². The summed E-state index contributed by atoms with van der Waals surface area (Å²) in [6.45, 7) is 3.52. The van der Waals surface area contributed by atoms with Crippen LogP contribution in [0.4, 0.5) is 0 Å². The first-order valence-electron chi connectivity index (χ1n) is 5.40. The van der Waals surface area contributed by atoms with Crippen LogP contribution < -0.4 is 0 Å². The van der Waals surface area contributed by atoms with E-state index in [1.54, 1.807) is 0 Å². The van der Waals surface area contributed by atoms with Crippen molar-refractivity contribution in [2.75, 3.05) is 32.8 Å². The number of morpholine rings is 1. The number of β-amino-alcohol motifs (C(OH)–C–C–N with tert-alkyl or cyclic N) is 1. The molecule has 90 valence electrons. The Morgan fingerprint density at radius 3 is 2.75 bits per heavy atom. The molecule has 0 spiro atoms. The summed E-state index contributed by atoms with van der Waals surface area (Å²) in [4.78, 5) is 2.24. The number of benzene rings is 1. The van der Waals surface area contributed by atoms with Crippen molar-refractivity contribution < 1.29 is 9.84 Å². The highest BCUT2D eigenvalue weighted by Crippen LogP contribution is 2.21. The van der Waals surface area contributed by atoms with E-state index in [2.05, 4.69) is 17.0 Å². The third kappa shape index (κ3) is 3.46. The lowest BCUT2D eigenvalue weighted by Crippen LogP contribution is -2.39. The molecule has 1 N–H and O–H groups in total. The summed E-state index contributed by atoms with van der Waals surface area (Å²) in [5.41, 5.74) is 1.22. The van der Waals surface area contributed by atoms with Crippen LogP contribution in [0.5, 0.6) is 0 Å². The average Bonchev–Trinajstić information content (AvgIpc) is 2.31. The molecule has 1 saturated heterocycles. The molecular formula is C12H18ClNO2. The molecule has 1 aromatic rings. The number of hydrogen-bond acceptors (Lipinski definition) is 3. The third-order valence-electron chi connectivity index (χ3n) is 2.74. The van der Waals surface area contributed by atoms with E-state index in [0.717, 1.165) is 26.2 Å². The second kappa shape index (κ2) is 6.86. The van der Waals surface area contributed by atoms with Gasteiger partial charge >= 0.3 is 0 Å². The first-order valence-corrected chi connectivity index (χ1v) is 5.40. The Labute approximate surface area is 102 Å². The Morgan fingerprint density at radius 2 is 2.06 bits per heavy atom. The van der Waals surface area contributed by atoms with Gasteiger partial charge in [-0.3, -0.25) is 4.90 Å². The van der Waals surface area contributed by atoms with Crippen LogP contribution in [0.1, 0.15) is 11.7 Å². The molecule has 2 rings (SSSR count). The maximum Gasteiger partial charge on any atom is 0.0952 e. The molecule has 0 saturated carbocycles. The monoisotopic (exact) mass is 243 g/mol. The lowest BCUT2D eigenvalue weighted by atomic mass is 10.1. The molecule has 3 nitrogen and oxygen atoms in total. The van der Waals surface area contributed by atoms with Crippen molar-refractivity contribution in [1.29, 1.82) is 0 Å². The quantitative estimate of drug-likeness (QED) is 0.873. The van der Waals surface area contributed by atoms with Crippen LogP contribution in [0.15, 0.2) is 30.3 Å². The molecule has 1 fully saturated rings. The molecule has 1 heterocycles. The molecular weight excluding hydrogens is 226 g/mol. The van der Waals surface area contributed by atoms with E-state index in [4.69, 9.17) is 9.84 Å². The number of halogens is 1. The van der Waals surface area contributed by atoms with Gasteiger partial charge in [-0.1, -0.05) is 30.3 Å². The van der Waals surface area contributed by atoms with E-state index in [9.17, 15) is 0 Å². The number of ether oxygens (including phenoxy) is 1. The summed E-state index contributed by atoms with van der Waals surface area (Å²) in [5.74, 6) is 0. The zero-order valence-corrected chi connectivity index (χ0v) is 10.0. The van der Waals surface area contributed by atoms with Gasteiger partial charge in [-0.25, -0.2) is 0 Å². The van der Waals surface area contributed by atoms with E-state index < -0.39 is 0 Å². The summed E-state index contributed by atoms with van der Waals surface area (Å²) in [6.07, 6.45) is 0.159. The molecule has 1 aliphatic heterocycles. The van der Waals surface area contributed by atoms with Crippen molar-refractivity contribution in [2.45, 2.75) is 6.10 Å². The summed E-state index contributed by atoms with van der Waals surface area (Å²) >= 11 is 0. The molecule has 0 amide bonds. The van der Waals surface area contributed by atoms with Crippen LogP contribution in [0.3, 0.4) is 0 Å². The molecule has 16 heavy (non-hydrogen) atoms. The van der Waals surface area contributed by atoms with Crippen molar-refractivity contribution >= 4 is 12.4 Å². The van der Waals surface area contributed by atoms with E-state index >= 15 is 0 Å². The van der Waals surface area contributed by atoms with E-state index in [1.165, 1.54) is 5.56 Å². The van der Waals surface area contributed by atoms with Crippen LogP contribution >= 0.6 is 12.4 Å². The minimum atomic E-state index is 0. The third-order valence-corrected chi connectivity index (χ3v) is 2.74. The topological polar surface area (TPSA) is 32.7 Å². The highest BCUT2D eigenvalue weighted by molar-refractivity contribution is 5.85. The largest absolute Gasteiger partial charge is 0.395 e. The van der Waals surface area contributed by atoms with Gasteiger partial charge in [0.15, 0.2) is 0 Å². The van der Waals surface area contributed by atoms with E-state index in [-0.39, 0.29) is 25.1 Å². The number of nitrogens with zero attached hydrogens (tertiary/aromatic N) is 1. The molecule has 0 aliphatic carbocycles. The number of rotatable bonds is 3. The summed E-state index contributed by atoms with van der Waals surface area (Å²) in [7, 11) is 0. The first kappa shape index (κ1) is 13.5. The van der Waals surface area contributed by atoms with Gasteiger partial charge in [0.2, 0.25) is 0 Å². The van der Waals surface area contributed by atoms with E-state index in [0.29, 0.717) is 0 Å². The second-order valence-corrected chi connectivity index (χ2v) is 3.79. The zero-order valence-electron chi connectivity index (χ0n) is 9.21. The fourth-order valence-corrected chi connectivity index (χ4v) is 1.92. The Balaban J connectivity index is 0.00000128. The normalized spacial score (nSPS) is 21.4. The SMILES string of the molecule is Cl.OCCN1CCOC(c2ccccc2)C1. The second-order valence-electron chi connectivity index (χ2n) is 3.79. The standard InChI is InChI=1S/C12H17NO2.ClH/c14-8-6-13-7-9-15-12(10-13)11-4-2-1-3-5-11;/h1-5,12,14H,6-10H2;1H. The lowest BCUT2D eigenvalue weighted by Gasteiger charge is -2.32. The average molecular weight is 244 g/mol. The molecule has 4 heteroatoms. The predicted molar refractivity (Wildman–Crippen MR) is 65.9 cm³/mol. The summed E-state index contributed by atoms with van der Waals surface area (Å²) in [6, 6.07) is 10.3. The Hall–Kier alpha value is -0.610. The van der Waals surface area contributed by atoms with Crippen LogP contribution in [-0.2, 0) is 4.74 Å². The highest BCUT2D eigenvalue weighted by Gasteiger charge is 2.20. The molecule has 1 atom stereocenters. The molecule has 0 aromatic heterocycles. The van der Waals surface area contributed by atoms with Gasteiger partial charge in [0.1, 0.15) is 0 Å². The lowest BCUT2D eigenvalue weighted by molar-refractivity contribution is -0.0337. The van der Waals surface area contributed by atoms with Gasteiger partial charge in [-0.15, -0.1) is 12.4 Å².